The van der Waals surface area contributed by atoms with Crippen LogP contribution in [0.15, 0.2) is 30.3 Å². The van der Waals surface area contributed by atoms with E-state index in [2.05, 4.69) is 26.6 Å². The van der Waals surface area contributed by atoms with Crippen LogP contribution in [0, 0.1) is 5.92 Å². The molecule has 1 aromatic rings. The monoisotopic (exact) mass is 621 g/mol. The first-order chi connectivity index (χ1) is 20.7. The van der Waals surface area contributed by atoms with Gasteiger partial charge in [0.15, 0.2) is 0 Å². The maximum atomic E-state index is 13.2. The second kappa shape index (κ2) is 19.2. The number of aliphatic hydroxyl groups excluding tert-OH is 1. The third-order valence-corrected chi connectivity index (χ3v) is 6.74. The molecule has 0 heterocycles. The summed E-state index contributed by atoms with van der Waals surface area (Å²) in [7, 11) is 0. The van der Waals surface area contributed by atoms with E-state index in [-0.39, 0.29) is 12.8 Å². The SMILES string of the molecule is CC(C)[C@H](NC(=O)[C@@H](NC(=O)CN)[C@@H](C)O)C(=O)N[C@@H](C)C(=O)N[C@@H](Cc1ccccc1)C(=O)N[C@@H](CCCCN)C(=O)O. The van der Waals surface area contributed by atoms with Crippen molar-refractivity contribution in [1.82, 2.24) is 26.6 Å². The summed E-state index contributed by atoms with van der Waals surface area (Å²) in [5, 5.41) is 31.9. The van der Waals surface area contributed by atoms with Crippen LogP contribution in [0.25, 0.3) is 0 Å². The molecule has 0 aromatic heterocycles. The summed E-state index contributed by atoms with van der Waals surface area (Å²) >= 11 is 0. The van der Waals surface area contributed by atoms with Crippen LogP contribution in [-0.2, 0) is 35.2 Å². The molecule has 0 aliphatic rings. The average Bonchev–Trinajstić information content (AvgIpc) is 2.97. The first kappa shape index (κ1) is 37.9. The molecule has 0 radical (unpaired) electrons. The molecule has 0 unspecified atom stereocenters. The number of carbonyl (C=O) groups excluding carboxylic acids is 5. The Morgan fingerprint density at radius 1 is 0.727 bits per heavy atom. The van der Waals surface area contributed by atoms with Crippen molar-refractivity contribution in [1.29, 1.82) is 0 Å². The molecule has 11 N–H and O–H groups in total. The number of aliphatic carboxylic acids is 1. The van der Waals surface area contributed by atoms with Crippen LogP contribution in [0.1, 0.15) is 52.5 Å². The number of carbonyl (C=O) groups is 6. The van der Waals surface area contributed by atoms with E-state index in [4.69, 9.17) is 11.5 Å². The summed E-state index contributed by atoms with van der Waals surface area (Å²) in [5.74, 6) is -5.35. The van der Waals surface area contributed by atoms with E-state index in [1.807, 2.05) is 0 Å². The van der Waals surface area contributed by atoms with Crippen molar-refractivity contribution in [3.63, 3.8) is 0 Å². The topological polar surface area (TPSA) is 255 Å². The minimum Gasteiger partial charge on any atom is -0.480 e. The third kappa shape index (κ3) is 13.1. The van der Waals surface area contributed by atoms with Crippen LogP contribution < -0.4 is 38.1 Å². The van der Waals surface area contributed by atoms with Gasteiger partial charge < -0.3 is 48.3 Å². The molecule has 246 valence electrons. The van der Waals surface area contributed by atoms with Crippen molar-refractivity contribution in [3.8, 4) is 0 Å². The number of carboxylic acid groups (broad SMARTS) is 1. The van der Waals surface area contributed by atoms with E-state index in [0.29, 0.717) is 24.9 Å². The fourth-order valence-electron chi connectivity index (χ4n) is 4.16. The van der Waals surface area contributed by atoms with Crippen molar-refractivity contribution in [2.24, 2.45) is 17.4 Å². The van der Waals surface area contributed by atoms with Crippen LogP contribution in [-0.4, -0.2) is 95.1 Å². The molecule has 0 spiro atoms. The van der Waals surface area contributed by atoms with Gasteiger partial charge in [-0.1, -0.05) is 44.2 Å². The van der Waals surface area contributed by atoms with Gasteiger partial charge in [0, 0.05) is 6.42 Å². The first-order valence-corrected chi connectivity index (χ1v) is 14.6. The molecule has 0 aliphatic heterocycles. The predicted molar refractivity (Wildman–Crippen MR) is 162 cm³/mol. The highest BCUT2D eigenvalue weighted by molar-refractivity contribution is 5.96. The molecule has 0 saturated heterocycles. The number of nitrogens with two attached hydrogens (primary N) is 2. The standard InChI is InChI=1S/C29H47N7O8/c1-16(2)23(36-28(42)24(18(4)37)35-22(38)15-31)27(41)32-17(3)25(39)34-21(14-19-10-6-5-7-11-19)26(40)33-20(29(43)44)12-8-9-13-30/h5-7,10-11,16-18,20-21,23-24,37H,8-9,12-15,30-31H2,1-4H3,(H,32,41)(H,33,40)(H,34,39)(H,35,38)(H,36,42)(H,43,44)/t17-,18+,20-,21-,23-,24-/m0/s1. The molecule has 1 rings (SSSR count). The third-order valence-electron chi connectivity index (χ3n) is 6.74. The molecule has 6 atom stereocenters. The number of amides is 5. The minimum atomic E-state index is -1.37. The Labute approximate surface area is 257 Å². The summed E-state index contributed by atoms with van der Waals surface area (Å²) in [6, 6.07) is 2.75. The Morgan fingerprint density at radius 2 is 1.32 bits per heavy atom. The zero-order valence-corrected chi connectivity index (χ0v) is 25.7. The van der Waals surface area contributed by atoms with Gasteiger partial charge in [0.25, 0.3) is 0 Å². The van der Waals surface area contributed by atoms with E-state index < -0.39 is 84.3 Å². The van der Waals surface area contributed by atoms with E-state index in [0.717, 1.165) is 0 Å². The van der Waals surface area contributed by atoms with Crippen LogP contribution in [0.2, 0.25) is 0 Å². The highest BCUT2D eigenvalue weighted by Crippen LogP contribution is 2.08. The molecule has 0 aliphatic carbocycles. The lowest BCUT2D eigenvalue weighted by atomic mass is 10.0. The van der Waals surface area contributed by atoms with Gasteiger partial charge in [0.2, 0.25) is 29.5 Å². The molecule has 1 aromatic carbocycles. The lowest BCUT2D eigenvalue weighted by molar-refractivity contribution is -0.142. The number of carboxylic acids is 1. The van der Waals surface area contributed by atoms with E-state index in [9.17, 15) is 39.0 Å². The predicted octanol–water partition coefficient (Wildman–Crippen LogP) is -2.12. The van der Waals surface area contributed by atoms with Crippen LogP contribution in [0.5, 0.6) is 0 Å². The van der Waals surface area contributed by atoms with E-state index in [1.54, 1.807) is 44.2 Å². The molecule has 44 heavy (non-hydrogen) atoms. The maximum Gasteiger partial charge on any atom is 0.326 e. The van der Waals surface area contributed by atoms with Gasteiger partial charge in [-0.05, 0) is 51.1 Å². The molecule has 15 heteroatoms. The Kier molecular flexibility index (Phi) is 16.6. The van der Waals surface area contributed by atoms with Gasteiger partial charge in [-0.15, -0.1) is 0 Å². The highest BCUT2D eigenvalue weighted by atomic mass is 16.4. The summed E-state index contributed by atoms with van der Waals surface area (Å²) < 4.78 is 0. The number of aliphatic hydroxyl groups is 1. The molecule has 15 nitrogen and oxygen atoms in total. The van der Waals surface area contributed by atoms with Crippen LogP contribution in [0.4, 0.5) is 0 Å². The zero-order valence-electron chi connectivity index (χ0n) is 25.7. The van der Waals surface area contributed by atoms with Gasteiger partial charge in [-0.2, -0.15) is 0 Å². The Bertz CT molecular complexity index is 1120. The normalized spacial score (nSPS) is 15.1. The molecule has 0 fully saturated rings. The molecule has 5 amide bonds. The van der Waals surface area contributed by atoms with Gasteiger partial charge in [0.1, 0.15) is 30.2 Å². The summed E-state index contributed by atoms with van der Waals surface area (Å²) in [5.41, 5.74) is 11.5. The fourth-order valence-corrected chi connectivity index (χ4v) is 4.16. The second-order valence-corrected chi connectivity index (χ2v) is 10.9. The molecular weight excluding hydrogens is 574 g/mol. The van der Waals surface area contributed by atoms with E-state index >= 15 is 0 Å². The summed E-state index contributed by atoms with van der Waals surface area (Å²) in [6.07, 6.45) is -0.0164. The van der Waals surface area contributed by atoms with Crippen molar-refractivity contribution < 1.29 is 39.0 Å². The number of benzene rings is 1. The largest absolute Gasteiger partial charge is 0.480 e. The van der Waals surface area contributed by atoms with Crippen molar-refractivity contribution in [2.75, 3.05) is 13.1 Å². The lowest BCUT2D eigenvalue weighted by Crippen LogP contribution is -2.61. The molecule has 0 saturated carbocycles. The van der Waals surface area contributed by atoms with Crippen LogP contribution >= 0.6 is 0 Å². The fraction of sp³-hybridized carbons (Fsp3) is 0.586. The van der Waals surface area contributed by atoms with Gasteiger partial charge >= 0.3 is 5.97 Å². The second-order valence-electron chi connectivity index (χ2n) is 10.9. The zero-order chi connectivity index (χ0) is 33.4. The number of rotatable bonds is 19. The Balaban J connectivity index is 3.04. The Hall–Kier alpha value is -4.08. The van der Waals surface area contributed by atoms with Gasteiger partial charge in [-0.3, -0.25) is 24.0 Å². The number of unbranched alkanes of at least 4 members (excludes halogenated alkanes) is 1. The Morgan fingerprint density at radius 3 is 1.84 bits per heavy atom. The number of nitrogens with one attached hydrogen (secondary N) is 5. The quantitative estimate of drug-likeness (QED) is 0.0759. The minimum absolute atomic E-state index is 0.0498. The van der Waals surface area contributed by atoms with Crippen molar-refractivity contribution >= 4 is 35.5 Å². The molecule has 0 bridgehead atoms. The lowest BCUT2D eigenvalue weighted by Gasteiger charge is -2.28. The summed E-state index contributed by atoms with van der Waals surface area (Å²) in [4.78, 5) is 75.8. The average molecular weight is 622 g/mol. The first-order valence-electron chi connectivity index (χ1n) is 14.6. The van der Waals surface area contributed by atoms with Crippen LogP contribution in [0.3, 0.4) is 0 Å². The maximum absolute atomic E-state index is 13.2. The van der Waals surface area contributed by atoms with Gasteiger partial charge in [0.05, 0.1) is 12.6 Å². The molecular formula is C29H47N7O8. The van der Waals surface area contributed by atoms with Crippen molar-refractivity contribution in [3.05, 3.63) is 35.9 Å². The number of hydrogen-bond donors (Lipinski definition) is 9. The number of hydrogen-bond acceptors (Lipinski definition) is 9. The van der Waals surface area contributed by atoms with E-state index in [1.165, 1.54) is 13.8 Å². The van der Waals surface area contributed by atoms with Gasteiger partial charge in [-0.25, -0.2) is 4.79 Å². The summed E-state index contributed by atoms with van der Waals surface area (Å²) in [6.45, 7) is 5.95. The highest BCUT2D eigenvalue weighted by Gasteiger charge is 2.33. The smallest absolute Gasteiger partial charge is 0.326 e. The van der Waals surface area contributed by atoms with Crippen molar-refractivity contribution in [2.45, 2.75) is 89.7 Å².